The van der Waals surface area contributed by atoms with Crippen molar-refractivity contribution in [1.29, 1.82) is 0 Å². The summed E-state index contributed by atoms with van der Waals surface area (Å²) in [4.78, 5) is 33.8. The predicted octanol–water partition coefficient (Wildman–Crippen LogP) is 8.10. The third-order valence-corrected chi connectivity index (χ3v) is 9.94. The molecule has 0 saturated carbocycles. The van der Waals surface area contributed by atoms with Gasteiger partial charge in [-0.1, -0.05) is 91.0 Å². The zero-order chi connectivity index (χ0) is 29.6. The largest absolute Gasteiger partial charge is 0.335 e. The fraction of sp³-hybridized carbons (Fsp3) is 0.216. The molecule has 0 fully saturated rings. The number of amides is 2. The Balaban J connectivity index is 1.08. The van der Waals surface area contributed by atoms with E-state index in [9.17, 15) is 9.59 Å². The SMILES string of the molecule is CCN(Cc1ccccc1)C(=O)c1ccc(-c2csc(NC(=O)C3(C)CC4c5ccccc5C3c3ccccc34)n2)cc1. The van der Waals surface area contributed by atoms with Gasteiger partial charge >= 0.3 is 0 Å². The van der Waals surface area contributed by atoms with Crippen LogP contribution < -0.4 is 5.32 Å². The molecule has 4 aromatic carbocycles. The lowest BCUT2D eigenvalue weighted by atomic mass is 9.52. The van der Waals surface area contributed by atoms with E-state index in [2.05, 4.69) is 60.8 Å². The second-order valence-electron chi connectivity index (χ2n) is 11.7. The van der Waals surface area contributed by atoms with E-state index in [1.165, 1.54) is 33.6 Å². The maximum atomic E-state index is 14.0. The maximum absolute atomic E-state index is 14.0. The number of fused-ring (bicyclic) bond motifs is 1. The highest BCUT2D eigenvalue weighted by atomic mass is 32.1. The Hall–Kier alpha value is -4.55. The minimum absolute atomic E-state index is 0.000934. The average Bonchev–Trinajstić information content (AvgIpc) is 3.52. The highest BCUT2D eigenvalue weighted by Crippen LogP contribution is 2.61. The second kappa shape index (κ2) is 10.9. The van der Waals surface area contributed by atoms with Crippen molar-refractivity contribution < 1.29 is 9.59 Å². The summed E-state index contributed by atoms with van der Waals surface area (Å²) in [5.74, 6) is 0.213. The fourth-order valence-corrected chi connectivity index (χ4v) is 7.70. The lowest BCUT2D eigenvalue weighted by Gasteiger charge is -2.50. The van der Waals surface area contributed by atoms with Gasteiger partial charge in [0.25, 0.3) is 5.91 Å². The maximum Gasteiger partial charge on any atom is 0.254 e. The van der Waals surface area contributed by atoms with Crippen LogP contribution in [0.2, 0.25) is 0 Å². The van der Waals surface area contributed by atoms with Gasteiger partial charge in [0.15, 0.2) is 5.13 Å². The van der Waals surface area contributed by atoms with Gasteiger partial charge in [-0.3, -0.25) is 9.59 Å². The number of nitrogens with zero attached hydrogens (tertiary/aromatic N) is 2. The highest BCUT2D eigenvalue weighted by molar-refractivity contribution is 7.14. The molecule has 3 aliphatic rings. The van der Waals surface area contributed by atoms with Gasteiger partial charge in [-0.05, 0) is 60.2 Å². The summed E-state index contributed by atoms with van der Waals surface area (Å²) in [5.41, 5.74) is 8.05. The van der Waals surface area contributed by atoms with E-state index in [1.807, 2.05) is 71.8 Å². The molecular weight excluding hydrogens is 550 g/mol. The van der Waals surface area contributed by atoms with Crippen LogP contribution in [0.3, 0.4) is 0 Å². The van der Waals surface area contributed by atoms with Crippen molar-refractivity contribution in [2.45, 2.75) is 38.6 Å². The molecule has 3 aliphatic carbocycles. The van der Waals surface area contributed by atoms with Crippen molar-refractivity contribution in [3.05, 3.63) is 142 Å². The second-order valence-corrected chi connectivity index (χ2v) is 12.6. The number of hydrogen-bond donors (Lipinski definition) is 1. The minimum atomic E-state index is -0.591. The molecule has 1 N–H and O–H groups in total. The summed E-state index contributed by atoms with van der Waals surface area (Å²) >= 11 is 1.43. The van der Waals surface area contributed by atoms with Crippen molar-refractivity contribution in [2.75, 3.05) is 11.9 Å². The molecule has 214 valence electrons. The van der Waals surface area contributed by atoms with Crippen molar-refractivity contribution >= 4 is 28.3 Å². The molecule has 0 spiro atoms. The fourth-order valence-electron chi connectivity index (χ4n) is 6.99. The van der Waals surface area contributed by atoms with Crippen LogP contribution in [0, 0.1) is 5.41 Å². The Morgan fingerprint density at radius 1 is 0.860 bits per heavy atom. The van der Waals surface area contributed by atoms with E-state index < -0.39 is 5.41 Å². The molecule has 8 rings (SSSR count). The van der Waals surface area contributed by atoms with Crippen LogP contribution in [-0.4, -0.2) is 28.2 Å². The molecule has 0 saturated heterocycles. The van der Waals surface area contributed by atoms with Gasteiger partial charge < -0.3 is 10.2 Å². The van der Waals surface area contributed by atoms with Gasteiger partial charge in [-0.25, -0.2) is 4.98 Å². The normalized spacial score (nSPS) is 19.8. The van der Waals surface area contributed by atoms with Gasteiger partial charge in [0, 0.05) is 41.4 Å². The summed E-state index contributed by atoms with van der Waals surface area (Å²) in [6.45, 7) is 5.30. The van der Waals surface area contributed by atoms with Gasteiger partial charge in [0.05, 0.1) is 11.1 Å². The first-order valence-electron chi connectivity index (χ1n) is 14.8. The summed E-state index contributed by atoms with van der Waals surface area (Å²) in [5, 5.41) is 5.72. The van der Waals surface area contributed by atoms with Crippen LogP contribution >= 0.6 is 11.3 Å². The monoisotopic (exact) mass is 583 g/mol. The van der Waals surface area contributed by atoms with Gasteiger partial charge in [-0.15, -0.1) is 11.3 Å². The first-order valence-corrected chi connectivity index (χ1v) is 15.7. The van der Waals surface area contributed by atoms with Crippen molar-refractivity contribution in [1.82, 2.24) is 9.88 Å². The Labute approximate surface area is 256 Å². The number of carbonyl (C=O) groups excluding carboxylic acids is 2. The molecule has 0 aliphatic heterocycles. The van der Waals surface area contributed by atoms with Crippen molar-refractivity contribution in [3.8, 4) is 11.3 Å². The van der Waals surface area contributed by atoms with Crippen LogP contribution in [0.5, 0.6) is 0 Å². The molecule has 2 bridgehead atoms. The Bertz CT molecular complexity index is 1770. The van der Waals surface area contributed by atoms with E-state index in [0.717, 1.165) is 23.2 Å². The summed E-state index contributed by atoms with van der Waals surface area (Å²) < 4.78 is 0. The van der Waals surface area contributed by atoms with E-state index >= 15 is 0 Å². The van der Waals surface area contributed by atoms with Crippen molar-refractivity contribution in [3.63, 3.8) is 0 Å². The van der Waals surface area contributed by atoms with Gasteiger partial charge in [-0.2, -0.15) is 0 Å². The Kier molecular flexibility index (Phi) is 6.94. The molecule has 2 amide bonds. The van der Waals surface area contributed by atoms with E-state index in [4.69, 9.17) is 4.98 Å². The highest BCUT2D eigenvalue weighted by Gasteiger charge is 2.54. The molecule has 1 atom stereocenters. The van der Waals surface area contributed by atoms with Crippen LogP contribution in [0.1, 0.15) is 70.3 Å². The first-order chi connectivity index (χ1) is 21.0. The topological polar surface area (TPSA) is 62.3 Å². The lowest BCUT2D eigenvalue weighted by molar-refractivity contribution is -0.126. The summed E-state index contributed by atoms with van der Waals surface area (Å²) in [6.07, 6.45) is 0.768. The zero-order valence-corrected chi connectivity index (χ0v) is 25.1. The first kappa shape index (κ1) is 27.3. The number of rotatable bonds is 7. The number of nitrogens with one attached hydrogen (secondary N) is 1. The third kappa shape index (κ3) is 4.76. The van der Waals surface area contributed by atoms with Gasteiger partial charge in [0.2, 0.25) is 5.91 Å². The number of aromatic nitrogens is 1. The molecule has 1 unspecified atom stereocenters. The molecule has 0 radical (unpaired) electrons. The number of carbonyl (C=O) groups is 2. The quantitative estimate of drug-likeness (QED) is 0.211. The zero-order valence-electron chi connectivity index (χ0n) is 24.3. The summed E-state index contributed by atoms with van der Waals surface area (Å²) in [7, 11) is 0. The molecule has 43 heavy (non-hydrogen) atoms. The molecule has 5 nitrogen and oxygen atoms in total. The molecule has 5 aromatic rings. The average molecular weight is 584 g/mol. The van der Waals surface area contributed by atoms with Crippen LogP contribution in [0.15, 0.2) is 109 Å². The number of anilines is 1. The van der Waals surface area contributed by atoms with E-state index in [0.29, 0.717) is 23.8 Å². The molecular formula is C37H33N3O2S. The van der Waals surface area contributed by atoms with E-state index in [1.54, 1.807) is 0 Å². The molecule has 6 heteroatoms. The number of thiazole rings is 1. The smallest absolute Gasteiger partial charge is 0.254 e. The lowest BCUT2D eigenvalue weighted by Crippen LogP contribution is -2.47. The molecule has 1 aromatic heterocycles. The van der Waals surface area contributed by atoms with Crippen molar-refractivity contribution in [2.24, 2.45) is 5.41 Å². The van der Waals surface area contributed by atoms with Crippen LogP contribution in [0.25, 0.3) is 11.3 Å². The Morgan fingerprint density at radius 2 is 1.47 bits per heavy atom. The third-order valence-electron chi connectivity index (χ3n) is 9.19. The number of benzene rings is 4. The van der Waals surface area contributed by atoms with E-state index in [-0.39, 0.29) is 23.7 Å². The summed E-state index contributed by atoms with van der Waals surface area (Å²) in [6, 6.07) is 34.8. The van der Waals surface area contributed by atoms with Gasteiger partial charge in [0.1, 0.15) is 0 Å². The number of hydrogen-bond acceptors (Lipinski definition) is 4. The van der Waals surface area contributed by atoms with Crippen LogP contribution in [-0.2, 0) is 11.3 Å². The molecule has 1 heterocycles. The standard InChI is InChI=1S/C37H33N3O2S/c1-3-40(22-24-11-5-4-6-12-24)34(41)26-19-17-25(18-20-26)32-23-43-36(38-32)39-35(42)37(2)21-31-27-13-7-9-15-29(27)33(37)30-16-10-8-14-28(30)31/h4-20,23,31,33H,3,21-22H2,1-2H3,(H,38,39,42). The predicted molar refractivity (Wildman–Crippen MR) is 172 cm³/mol. The minimum Gasteiger partial charge on any atom is -0.335 e. The van der Waals surface area contributed by atoms with Crippen LogP contribution in [0.4, 0.5) is 5.13 Å². The Morgan fingerprint density at radius 3 is 2.09 bits per heavy atom.